The molecule has 0 bridgehead atoms. The molecular weight excluding hydrogens is 652 g/mol. The highest BCUT2D eigenvalue weighted by Crippen LogP contribution is 2.04. The fourth-order valence-corrected chi connectivity index (χ4v) is 4.54. The number of alkyl carbamates (subject to hydrolysis) is 2. The molecule has 12 nitrogen and oxygen atoms in total. The monoisotopic (exact) mass is 693 g/mol. The van der Waals surface area contributed by atoms with Gasteiger partial charge < -0.3 is 42.0 Å². The van der Waals surface area contributed by atoms with Crippen LogP contribution in [0.25, 0.3) is 0 Å². The van der Waals surface area contributed by atoms with E-state index in [0.29, 0.717) is 24.2 Å². The van der Waals surface area contributed by atoms with E-state index in [2.05, 4.69) is 10.6 Å². The normalized spacial score (nSPS) is 11.2. The first kappa shape index (κ1) is 39.7. The zero-order chi connectivity index (χ0) is 34.7. The first-order chi connectivity index (χ1) is 23.2. The fourth-order valence-electron chi connectivity index (χ4n) is 4.54. The Balaban J connectivity index is 0.000000333. The molecule has 0 saturated carbocycles. The standard InChI is InChI=1S/2C18H20N2O4.ClH/c2*1-14(12-15-8-4-3-5-9-15)19-18(22)24-13-20-11-7-6-10-16(20)17(21)23-2;/h2*3-11,14H,12-13H2,1-2H3;1H/p+1/t2*14-;/m00./s1. The van der Waals surface area contributed by atoms with Crippen molar-refractivity contribution < 1.29 is 59.7 Å². The van der Waals surface area contributed by atoms with Crippen LogP contribution in [-0.2, 0) is 45.3 Å². The smallest absolute Gasteiger partial charge is 0.412 e. The van der Waals surface area contributed by atoms with E-state index in [9.17, 15) is 19.2 Å². The van der Waals surface area contributed by atoms with Crippen LogP contribution in [0.5, 0.6) is 0 Å². The Labute approximate surface area is 292 Å². The van der Waals surface area contributed by atoms with Gasteiger partial charge in [-0.15, -0.1) is 0 Å². The molecule has 13 heteroatoms. The Morgan fingerprint density at radius 3 is 1.27 bits per heavy atom. The van der Waals surface area contributed by atoms with Gasteiger partial charge in [0.25, 0.3) is 24.8 Å². The van der Waals surface area contributed by atoms with Crippen molar-refractivity contribution in [2.45, 2.75) is 52.2 Å². The SMILES string of the molecule is COC(=O)c1cccc[n+]1COC(=O)N[C@@H](C)Cc1ccccc1.COC(=O)c1cccc[n+]1COC(=O)N[C@@H](C)Cc1ccccc1.[Cl-]. The number of rotatable bonds is 12. The van der Waals surface area contributed by atoms with Crippen LogP contribution < -0.4 is 32.2 Å². The number of esters is 2. The lowest BCUT2D eigenvalue weighted by atomic mass is 10.1. The number of aromatic nitrogens is 2. The molecule has 0 fully saturated rings. The minimum atomic E-state index is -0.536. The van der Waals surface area contributed by atoms with Gasteiger partial charge in [0.15, 0.2) is 12.4 Å². The zero-order valence-electron chi connectivity index (χ0n) is 27.9. The lowest BCUT2D eigenvalue weighted by Gasteiger charge is -2.13. The van der Waals surface area contributed by atoms with Gasteiger partial charge in [0, 0.05) is 36.3 Å². The van der Waals surface area contributed by atoms with Crippen LogP contribution in [0.4, 0.5) is 9.59 Å². The zero-order valence-corrected chi connectivity index (χ0v) is 28.7. The second-order valence-corrected chi connectivity index (χ2v) is 10.7. The Kier molecular flexibility index (Phi) is 17.3. The lowest BCUT2D eigenvalue weighted by Crippen LogP contribution is -3.00. The average molecular weight is 694 g/mol. The van der Waals surface area contributed by atoms with Gasteiger partial charge in [0.05, 0.1) is 14.2 Å². The Morgan fingerprint density at radius 2 is 0.918 bits per heavy atom. The molecule has 2 heterocycles. The van der Waals surface area contributed by atoms with Gasteiger partial charge in [0.1, 0.15) is 0 Å². The fraction of sp³-hybridized carbons (Fsp3) is 0.278. The molecule has 2 aromatic carbocycles. The van der Waals surface area contributed by atoms with Gasteiger partial charge in [-0.05, 0) is 49.9 Å². The molecule has 2 aromatic heterocycles. The topological polar surface area (TPSA) is 137 Å². The van der Waals surface area contributed by atoms with Crippen molar-refractivity contribution in [2.24, 2.45) is 0 Å². The maximum atomic E-state index is 11.9. The molecule has 0 aliphatic carbocycles. The van der Waals surface area contributed by atoms with Crippen LogP contribution in [0.3, 0.4) is 0 Å². The summed E-state index contributed by atoms with van der Waals surface area (Å²) in [6, 6.07) is 29.7. The highest BCUT2D eigenvalue weighted by Gasteiger charge is 2.22. The molecule has 0 spiro atoms. The third kappa shape index (κ3) is 14.0. The number of pyridine rings is 2. The minimum absolute atomic E-state index is 0. The first-order valence-corrected chi connectivity index (χ1v) is 15.3. The van der Waals surface area contributed by atoms with E-state index in [-0.39, 0.29) is 38.0 Å². The Hall–Kier alpha value is -5.49. The largest absolute Gasteiger partial charge is 1.00 e. The summed E-state index contributed by atoms with van der Waals surface area (Å²) in [7, 11) is 2.61. The molecule has 49 heavy (non-hydrogen) atoms. The summed E-state index contributed by atoms with van der Waals surface area (Å²) in [6.07, 6.45) is 3.64. The summed E-state index contributed by atoms with van der Waals surface area (Å²) < 4.78 is 22.8. The van der Waals surface area contributed by atoms with Crippen LogP contribution in [0.1, 0.15) is 46.0 Å². The molecule has 0 saturated heterocycles. The molecule has 0 aliphatic rings. The van der Waals surface area contributed by atoms with Gasteiger partial charge in [-0.3, -0.25) is 0 Å². The van der Waals surface area contributed by atoms with E-state index in [4.69, 9.17) is 18.9 Å². The lowest BCUT2D eigenvalue weighted by molar-refractivity contribution is -0.729. The Morgan fingerprint density at radius 1 is 0.571 bits per heavy atom. The predicted molar refractivity (Wildman–Crippen MR) is 174 cm³/mol. The molecule has 4 aromatic rings. The predicted octanol–water partition coefficient (Wildman–Crippen LogP) is 1.16. The van der Waals surface area contributed by atoms with Gasteiger partial charge in [-0.25, -0.2) is 19.2 Å². The molecule has 2 N–H and O–H groups in total. The average Bonchev–Trinajstić information content (AvgIpc) is 3.10. The molecule has 0 unspecified atom stereocenters. The van der Waals surface area contributed by atoms with Gasteiger partial charge in [-0.2, -0.15) is 9.13 Å². The van der Waals surface area contributed by atoms with Crippen LogP contribution in [0, 0.1) is 0 Å². The van der Waals surface area contributed by atoms with E-state index in [1.54, 1.807) is 48.8 Å². The molecular formula is C36H42ClN4O8+. The number of ether oxygens (including phenoxy) is 4. The molecule has 0 radical (unpaired) electrons. The van der Waals surface area contributed by atoms with Crippen LogP contribution in [0.15, 0.2) is 109 Å². The van der Waals surface area contributed by atoms with E-state index >= 15 is 0 Å². The number of hydrogen-bond donors (Lipinski definition) is 2. The Bertz CT molecular complexity index is 1500. The summed E-state index contributed by atoms with van der Waals surface area (Å²) in [4.78, 5) is 47.1. The quantitative estimate of drug-likeness (QED) is 0.128. The van der Waals surface area contributed by atoms with Crippen molar-refractivity contribution in [3.63, 3.8) is 0 Å². The van der Waals surface area contributed by atoms with Crippen molar-refractivity contribution in [1.29, 1.82) is 0 Å². The third-order valence-corrected chi connectivity index (χ3v) is 6.84. The van der Waals surface area contributed by atoms with Crippen LogP contribution in [0.2, 0.25) is 0 Å². The maximum absolute atomic E-state index is 11.9. The number of carbonyl (C=O) groups is 4. The summed E-state index contributed by atoms with van der Waals surface area (Å²) in [5.74, 6) is -0.978. The highest BCUT2D eigenvalue weighted by atomic mass is 35.5. The van der Waals surface area contributed by atoms with E-state index in [0.717, 1.165) is 11.1 Å². The van der Waals surface area contributed by atoms with E-state index in [1.807, 2.05) is 74.5 Å². The van der Waals surface area contributed by atoms with Crippen molar-refractivity contribution in [3.8, 4) is 0 Å². The van der Waals surface area contributed by atoms with Gasteiger partial charge >= 0.3 is 24.1 Å². The van der Waals surface area contributed by atoms with E-state index in [1.165, 1.54) is 23.4 Å². The number of hydrogen-bond acceptors (Lipinski definition) is 8. The number of benzene rings is 2. The number of halogens is 1. The molecule has 4 rings (SSSR count). The summed E-state index contributed by atoms with van der Waals surface area (Å²) in [5.41, 5.74) is 2.89. The number of nitrogens with one attached hydrogen (secondary N) is 2. The number of nitrogens with zero attached hydrogens (tertiary/aromatic N) is 2. The van der Waals surface area contributed by atoms with Crippen molar-refractivity contribution in [3.05, 3.63) is 132 Å². The molecule has 2 atom stereocenters. The van der Waals surface area contributed by atoms with Crippen LogP contribution in [-0.4, -0.2) is 50.4 Å². The summed E-state index contributed by atoms with van der Waals surface area (Å²) in [6.45, 7) is 3.66. The molecule has 2 amide bonds. The second kappa shape index (κ2) is 21.4. The van der Waals surface area contributed by atoms with Gasteiger partial charge in [-0.1, -0.05) is 60.7 Å². The number of methoxy groups -OCH3 is 2. The first-order valence-electron chi connectivity index (χ1n) is 15.3. The minimum Gasteiger partial charge on any atom is -1.00 e. The van der Waals surface area contributed by atoms with Crippen molar-refractivity contribution in [2.75, 3.05) is 14.2 Å². The summed E-state index contributed by atoms with van der Waals surface area (Å²) >= 11 is 0. The maximum Gasteiger partial charge on any atom is 0.412 e. The molecule has 0 aliphatic heterocycles. The summed E-state index contributed by atoms with van der Waals surface area (Å²) in [5, 5.41) is 5.54. The third-order valence-electron chi connectivity index (χ3n) is 6.84. The van der Waals surface area contributed by atoms with Crippen molar-refractivity contribution in [1.82, 2.24) is 10.6 Å². The molecule has 260 valence electrons. The second-order valence-electron chi connectivity index (χ2n) is 10.7. The van der Waals surface area contributed by atoms with Gasteiger partial charge in [0.2, 0.25) is 0 Å². The van der Waals surface area contributed by atoms with Crippen LogP contribution >= 0.6 is 0 Å². The number of amides is 2. The number of carbonyl (C=O) groups excluding carboxylic acids is 4. The highest BCUT2D eigenvalue weighted by molar-refractivity contribution is 5.85. The van der Waals surface area contributed by atoms with Crippen molar-refractivity contribution >= 4 is 24.1 Å². The van der Waals surface area contributed by atoms with E-state index < -0.39 is 24.1 Å².